The minimum absolute atomic E-state index is 0.866. The summed E-state index contributed by atoms with van der Waals surface area (Å²) in [5.74, 6) is 0. The molecule has 0 aromatic heterocycles. The van der Waals surface area contributed by atoms with Crippen molar-refractivity contribution in [3.8, 4) is 0 Å². The van der Waals surface area contributed by atoms with Crippen LogP contribution in [0.2, 0.25) is 0 Å². The highest BCUT2D eigenvalue weighted by Crippen LogP contribution is 2.29. The molecule has 92 valence electrons. The summed E-state index contributed by atoms with van der Waals surface area (Å²) in [5, 5.41) is 0. The van der Waals surface area contributed by atoms with E-state index in [2.05, 4.69) is 30.0 Å². The summed E-state index contributed by atoms with van der Waals surface area (Å²) in [6.45, 7) is 6.54. The maximum absolute atomic E-state index is 5.71. The zero-order valence-corrected chi connectivity index (χ0v) is 10.9. The van der Waals surface area contributed by atoms with Crippen LogP contribution in [0.3, 0.4) is 0 Å². The van der Waals surface area contributed by atoms with Crippen molar-refractivity contribution in [3.05, 3.63) is 35.0 Å². The second-order valence-electron chi connectivity index (χ2n) is 4.87. The average molecular weight is 230 g/mol. The van der Waals surface area contributed by atoms with Gasteiger partial charge in [-0.05, 0) is 49.1 Å². The number of benzene rings is 1. The van der Waals surface area contributed by atoms with Crippen molar-refractivity contribution in [1.29, 1.82) is 0 Å². The summed E-state index contributed by atoms with van der Waals surface area (Å²) in [4.78, 5) is 2.50. The van der Waals surface area contributed by atoms with E-state index in [4.69, 9.17) is 5.73 Å². The molecule has 0 saturated carbocycles. The summed E-state index contributed by atoms with van der Waals surface area (Å²) in [7, 11) is 0. The van der Waals surface area contributed by atoms with E-state index in [-0.39, 0.29) is 0 Å². The lowest BCUT2D eigenvalue weighted by atomic mass is 10.1. The number of anilines is 1. The molecule has 1 aliphatic rings. The van der Waals surface area contributed by atoms with E-state index in [0.29, 0.717) is 0 Å². The van der Waals surface area contributed by atoms with Crippen LogP contribution in [0.15, 0.2) is 23.9 Å². The first-order valence-corrected chi connectivity index (χ1v) is 6.52. The Hall–Kier alpha value is -1.44. The zero-order chi connectivity index (χ0) is 12.3. The van der Waals surface area contributed by atoms with Crippen molar-refractivity contribution in [2.24, 2.45) is 5.73 Å². The molecule has 1 aromatic carbocycles. The molecule has 0 aliphatic carbocycles. The van der Waals surface area contributed by atoms with E-state index in [0.717, 1.165) is 5.70 Å². The number of unbranched alkanes of at least 4 members (excludes halogenated alkanes) is 1. The van der Waals surface area contributed by atoms with Gasteiger partial charge in [0.1, 0.15) is 0 Å². The van der Waals surface area contributed by atoms with Crippen LogP contribution < -0.4 is 10.6 Å². The van der Waals surface area contributed by atoms with Crippen molar-refractivity contribution >= 4 is 11.8 Å². The first-order chi connectivity index (χ1) is 8.20. The molecule has 17 heavy (non-hydrogen) atoms. The topological polar surface area (TPSA) is 29.3 Å². The molecule has 0 bridgehead atoms. The van der Waals surface area contributed by atoms with Gasteiger partial charge in [-0.15, -0.1) is 0 Å². The van der Waals surface area contributed by atoms with E-state index in [1.54, 1.807) is 0 Å². The molecule has 2 N–H and O–H groups in total. The SMILES string of the molecule is CCCCN1CCc2cc(/C=C(\C)N)ccc21. The highest BCUT2D eigenvalue weighted by Gasteiger charge is 2.17. The van der Waals surface area contributed by atoms with Gasteiger partial charge in [0.2, 0.25) is 0 Å². The molecule has 1 aliphatic heterocycles. The van der Waals surface area contributed by atoms with E-state index in [1.807, 2.05) is 13.0 Å². The quantitative estimate of drug-likeness (QED) is 0.861. The van der Waals surface area contributed by atoms with E-state index < -0.39 is 0 Å². The molecule has 2 nitrogen and oxygen atoms in total. The number of rotatable bonds is 4. The van der Waals surface area contributed by atoms with Gasteiger partial charge < -0.3 is 10.6 Å². The smallest absolute Gasteiger partial charge is 0.0399 e. The summed E-state index contributed by atoms with van der Waals surface area (Å²) in [6.07, 6.45) is 5.75. The molecular weight excluding hydrogens is 208 g/mol. The highest BCUT2D eigenvalue weighted by molar-refractivity contribution is 5.64. The van der Waals surface area contributed by atoms with Crippen LogP contribution >= 0.6 is 0 Å². The second kappa shape index (κ2) is 5.26. The number of fused-ring (bicyclic) bond motifs is 1. The molecule has 0 radical (unpaired) electrons. The number of hydrogen-bond donors (Lipinski definition) is 1. The van der Waals surface area contributed by atoms with Crippen LogP contribution in [0, 0.1) is 0 Å². The van der Waals surface area contributed by atoms with Gasteiger partial charge in [-0.2, -0.15) is 0 Å². The van der Waals surface area contributed by atoms with Crippen LogP contribution in [0.25, 0.3) is 6.08 Å². The van der Waals surface area contributed by atoms with Crippen molar-refractivity contribution in [2.45, 2.75) is 33.1 Å². The van der Waals surface area contributed by atoms with Gasteiger partial charge in [-0.1, -0.05) is 19.4 Å². The second-order valence-corrected chi connectivity index (χ2v) is 4.87. The zero-order valence-electron chi connectivity index (χ0n) is 10.9. The predicted octanol–water partition coefficient (Wildman–Crippen LogP) is 3.17. The Labute approximate surface area is 104 Å². The molecule has 0 spiro atoms. The monoisotopic (exact) mass is 230 g/mol. The Balaban J connectivity index is 2.17. The number of hydrogen-bond acceptors (Lipinski definition) is 2. The molecule has 2 heteroatoms. The standard InChI is InChI=1S/C15H22N2/c1-3-4-8-17-9-7-14-11-13(10-12(2)16)5-6-15(14)17/h5-6,10-11H,3-4,7-9,16H2,1-2H3/b12-10+. The van der Waals surface area contributed by atoms with Gasteiger partial charge >= 0.3 is 0 Å². The molecule has 0 amide bonds. The molecule has 0 saturated heterocycles. The Morgan fingerprint density at radius 1 is 1.47 bits per heavy atom. The Morgan fingerprint density at radius 2 is 2.29 bits per heavy atom. The lowest BCUT2D eigenvalue weighted by Gasteiger charge is -2.18. The number of nitrogens with zero attached hydrogens (tertiary/aromatic N) is 1. The molecule has 0 fully saturated rings. The predicted molar refractivity (Wildman–Crippen MR) is 75.1 cm³/mol. The highest BCUT2D eigenvalue weighted by atomic mass is 15.1. The molecular formula is C15H22N2. The lowest BCUT2D eigenvalue weighted by molar-refractivity contribution is 0.736. The average Bonchev–Trinajstić information content (AvgIpc) is 2.68. The summed E-state index contributed by atoms with van der Waals surface area (Å²) < 4.78 is 0. The fraction of sp³-hybridized carbons (Fsp3) is 0.467. The van der Waals surface area contributed by atoms with Crippen molar-refractivity contribution in [3.63, 3.8) is 0 Å². The van der Waals surface area contributed by atoms with Crippen molar-refractivity contribution in [1.82, 2.24) is 0 Å². The van der Waals surface area contributed by atoms with E-state index in [9.17, 15) is 0 Å². The molecule has 1 aromatic rings. The van der Waals surface area contributed by atoms with Gasteiger partial charge in [-0.25, -0.2) is 0 Å². The normalized spacial score (nSPS) is 15.2. The first-order valence-electron chi connectivity index (χ1n) is 6.52. The minimum Gasteiger partial charge on any atom is -0.402 e. The lowest BCUT2D eigenvalue weighted by Crippen LogP contribution is -2.21. The fourth-order valence-electron chi connectivity index (χ4n) is 2.42. The van der Waals surface area contributed by atoms with Crippen molar-refractivity contribution in [2.75, 3.05) is 18.0 Å². The maximum Gasteiger partial charge on any atom is 0.0399 e. The van der Waals surface area contributed by atoms with Crippen molar-refractivity contribution < 1.29 is 0 Å². The molecule has 0 unspecified atom stereocenters. The van der Waals surface area contributed by atoms with E-state index in [1.165, 1.54) is 49.2 Å². The third kappa shape index (κ3) is 2.82. The third-order valence-corrected chi connectivity index (χ3v) is 3.27. The summed E-state index contributed by atoms with van der Waals surface area (Å²) >= 11 is 0. The maximum atomic E-state index is 5.71. The van der Waals surface area contributed by atoms with Crippen LogP contribution in [-0.4, -0.2) is 13.1 Å². The van der Waals surface area contributed by atoms with Gasteiger partial charge in [0.05, 0.1) is 0 Å². The van der Waals surface area contributed by atoms with Crippen LogP contribution in [0.5, 0.6) is 0 Å². The van der Waals surface area contributed by atoms with Gasteiger partial charge in [0, 0.05) is 24.5 Å². The van der Waals surface area contributed by atoms with Crippen LogP contribution in [0.4, 0.5) is 5.69 Å². The minimum atomic E-state index is 0.866. The Kier molecular flexibility index (Phi) is 3.72. The molecule has 0 atom stereocenters. The number of nitrogens with two attached hydrogens (primary N) is 1. The molecule has 2 rings (SSSR count). The Bertz CT molecular complexity index is 417. The third-order valence-electron chi connectivity index (χ3n) is 3.27. The van der Waals surface area contributed by atoms with Crippen LogP contribution in [-0.2, 0) is 6.42 Å². The van der Waals surface area contributed by atoms with Gasteiger partial charge in [0.15, 0.2) is 0 Å². The molecule has 1 heterocycles. The van der Waals surface area contributed by atoms with E-state index >= 15 is 0 Å². The fourth-order valence-corrected chi connectivity index (χ4v) is 2.42. The number of allylic oxidation sites excluding steroid dienone is 1. The Morgan fingerprint density at radius 3 is 3.00 bits per heavy atom. The largest absolute Gasteiger partial charge is 0.402 e. The van der Waals surface area contributed by atoms with Gasteiger partial charge in [-0.3, -0.25) is 0 Å². The van der Waals surface area contributed by atoms with Crippen LogP contribution in [0.1, 0.15) is 37.8 Å². The summed E-state index contributed by atoms with van der Waals surface area (Å²) in [6, 6.07) is 6.68. The summed E-state index contributed by atoms with van der Waals surface area (Å²) in [5.41, 5.74) is 10.7. The first kappa shape index (κ1) is 12.0. The van der Waals surface area contributed by atoms with Gasteiger partial charge in [0.25, 0.3) is 0 Å².